The van der Waals surface area contributed by atoms with E-state index in [4.69, 9.17) is 5.26 Å². The summed E-state index contributed by atoms with van der Waals surface area (Å²) in [6, 6.07) is 4.03. The molecule has 0 radical (unpaired) electrons. The Morgan fingerprint density at radius 3 is 2.87 bits per heavy atom. The number of aromatic nitrogens is 1. The van der Waals surface area contributed by atoms with Gasteiger partial charge in [0.15, 0.2) is 0 Å². The van der Waals surface area contributed by atoms with E-state index in [2.05, 4.69) is 27.0 Å². The van der Waals surface area contributed by atoms with Gasteiger partial charge in [0.2, 0.25) is 0 Å². The van der Waals surface area contributed by atoms with E-state index in [1.165, 1.54) is 25.7 Å². The molecule has 0 atom stereocenters. The number of hydrogen-bond acceptors (Lipinski definition) is 3. The van der Waals surface area contributed by atoms with Crippen LogP contribution in [0.2, 0.25) is 0 Å². The Bertz CT molecular complexity index is 394. The van der Waals surface area contributed by atoms with Crippen LogP contribution in [0, 0.1) is 11.3 Å². The van der Waals surface area contributed by atoms with Crippen LogP contribution in [0.15, 0.2) is 21.8 Å². The smallest absolute Gasteiger partial charge is 0.114 e. The molecule has 0 spiro atoms. The lowest BCUT2D eigenvalue weighted by molar-refractivity contribution is 0.886. The van der Waals surface area contributed by atoms with Gasteiger partial charge in [-0.1, -0.05) is 12.8 Å². The Labute approximate surface area is 102 Å². The minimum Gasteiger partial charge on any atom is -0.247 e. The van der Waals surface area contributed by atoms with Crippen molar-refractivity contribution in [3.8, 4) is 6.07 Å². The normalized spacial score (nSPS) is 16.5. The average Bonchev–Trinajstić information content (AvgIpc) is 2.73. The van der Waals surface area contributed by atoms with Gasteiger partial charge in [-0.2, -0.15) is 5.26 Å². The number of rotatable bonds is 2. The summed E-state index contributed by atoms with van der Waals surface area (Å²) in [5.74, 6) is 0. The molecule has 1 fully saturated rings. The zero-order valence-corrected chi connectivity index (χ0v) is 10.6. The maximum absolute atomic E-state index is 8.99. The van der Waals surface area contributed by atoms with Crippen LogP contribution in [0.3, 0.4) is 0 Å². The van der Waals surface area contributed by atoms with Crippen molar-refractivity contribution in [3.63, 3.8) is 0 Å². The number of hydrogen-bond donors (Lipinski definition) is 0. The summed E-state index contributed by atoms with van der Waals surface area (Å²) < 4.78 is 0.870. The van der Waals surface area contributed by atoms with Gasteiger partial charge in [-0.3, -0.25) is 0 Å². The average molecular weight is 283 g/mol. The van der Waals surface area contributed by atoms with E-state index in [9.17, 15) is 0 Å². The highest BCUT2D eigenvalue weighted by Crippen LogP contribution is 2.35. The first kappa shape index (κ1) is 11.0. The zero-order chi connectivity index (χ0) is 10.7. The third kappa shape index (κ3) is 2.73. The molecule has 1 heterocycles. The molecule has 0 amide bonds. The van der Waals surface area contributed by atoms with Gasteiger partial charge >= 0.3 is 0 Å². The molecule has 1 aromatic rings. The molecule has 4 heteroatoms. The molecule has 2 rings (SSSR count). The molecule has 1 aromatic heterocycles. The van der Waals surface area contributed by atoms with Crippen molar-refractivity contribution in [2.75, 3.05) is 0 Å². The number of nitrogens with zero attached hydrogens (tertiary/aromatic N) is 2. The highest BCUT2D eigenvalue weighted by molar-refractivity contribution is 9.10. The van der Waals surface area contributed by atoms with E-state index < -0.39 is 0 Å². The third-order valence-corrected chi connectivity index (χ3v) is 4.31. The maximum atomic E-state index is 8.99. The van der Waals surface area contributed by atoms with Crippen LogP contribution in [0.5, 0.6) is 0 Å². The van der Waals surface area contributed by atoms with E-state index in [1.807, 2.05) is 6.07 Å². The van der Waals surface area contributed by atoms with Crippen LogP contribution >= 0.6 is 27.7 Å². The number of thioether (sulfide) groups is 1. The highest BCUT2D eigenvalue weighted by atomic mass is 79.9. The Morgan fingerprint density at radius 1 is 1.47 bits per heavy atom. The molecule has 78 valence electrons. The van der Waals surface area contributed by atoms with Gasteiger partial charge in [-0.05, 0) is 34.8 Å². The van der Waals surface area contributed by atoms with Crippen molar-refractivity contribution in [2.45, 2.75) is 36.0 Å². The lowest BCUT2D eigenvalue weighted by atomic mass is 10.3. The fourth-order valence-corrected chi connectivity index (χ4v) is 3.33. The van der Waals surface area contributed by atoms with Crippen LogP contribution in [0.25, 0.3) is 0 Å². The van der Waals surface area contributed by atoms with Gasteiger partial charge in [0, 0.05) is 15.9 Å². The van der Waals surface area contributed by atoms with Gasteiger partial charge in [0.25, 0.3) is 0 Å². The molecule has 0 aromatic carbocycles. The standard InChI is InChI=1S/C11H11BrN2S/c12-9-5-8(6-13)11(14-7-9)15-10-3-1-2-4-10/h5,7,10H,1-4H2. The number of halogens is 1. The molecule has 0 unspecified atom stereocenters. The van der Waals surface area contributed by atoms with Crippen molar-refractivity contribution in [2.24, 2.45) is 0 Å². The van der Waals surface area contributed by atoms with E-state index in [0.29, 0.717) is 10.8 Å². The minimum atomic E-state index is 0.658. The fraction of sp³-hybridized carbons (Fsp3) is 0.455. The molecular weight excluding hydrogens is 272 g/mol. The van der Waals surface area contributed by atoms with Crippen molar-refractivity contribution in [3.05, 3.63) is 22.3 Å². The fourth-order valence-electron chi connectivity index (χ4n) is 1.76. The Balaban J connectivity index is 2.16. The quantitative estimate of drug-likeness (QED) is 0.829. The Hall–Kier alpha value is -0.530. The largest absolute Gasteiger partial charge is 0.247 e. The van der Waals surface area contributed by atoms with E-state index >= 15 is 0 Å². The second kappa shape index (κ2) is 5.00. The van der Waals surface area contributed by atoms with Crippen LogP contribution < -0.4 is 0 Å². The van der Waals surface area contributed by atoms with Crippen molar-refractivity contribution in [1.82, 2.24) is 4.98 Å². The van der Waals surface area contributed by atoms with Crippen molar-refractivity contribution in [1.29, 1.82) is 5.26 Å². The molecule has 0 saturated heterocycles. The predicted molar refractivity (Wildman–Crippen MR) is 64.8 cm³/mol. The summed E-state index contributed by atoms with van der Waals surface area (Å²) in [4.78, 5) is 4.31. The number of nitriles is 1. The van der Waals surface area contributed by atoms with Crippen LogP contribution in [-0.2, 0) is 0 Å². The first-order chi connectivity index (χ1) is 7.29. The van der Waals surface area contributed by atoms with E-state index in [-0.39, 0.29) is 0 Å². The van der Waals surface area contributed by atoms with Gasteiger partial charge < -0.3 is 0 Å². The van der Waals surface area contributed by atoms with Gasteiger partial charge in [-0.25, -0.2) is 4.98 Å². The first-order valence-corrected chi connectivity index (χ1v) is 6.69. The summed E-state index contributed by atoms with van der Waals surface area (Å²) in [5.41, 5.74) is 0.682. The van der Waals surface area contributed by atoms with Crippen LogP contribution in [-0.4, -0.2) is 10.2 Å². The zero-order valence-electron chi connectivity index (χ0n) is 8.24. The molecule has 0 N–H and O–H groups in total. The molecule has 1 aliphatic rings. The van der Waals surface area contributed by atoms with Crippen molar-refractivity contribution < 1.29 is 0 Å². The molecule has 15 heavy (non-hydrogen) atoms. The monoisotopic (exact) mass is 282 g/mol. The second-order valence-corrected chi connectivity index (χ2v) is 5.85. The summed E-state index contributed by atoms with van der Waals surface area (Å²) in [6.45, 7) is 0. The van der Waals surface area contributed by atoms with E-state index in [1.54, 1.807) is 18.0 Å². The molecular formula is C11H11BrN2S. The first-order valence-electron chi connectivity index (χ1n) is 5.02. The lowest BCUT2D eigenvalue weighted by Gasteiger charge is -2.08. The SMILES string of the molecule is N#Cc1cc(Br)cnc1SC1CCCC1. The van der Waals surface area contributed by atoms with Gasteiger partial charge in [0.05, 0.1) is 5.56 Å². The summed E-state index contributed by atoms with van der Waals surface area (Å²) >= 11 is 5.08. The summed E-state index contributed by atoms with van der Waals surface area (Å²) in [5, 5.41) is 10.5. The highest BCUT2D eigenvalue weighted by Gasteiger charge is 2.18. The second-order valence-electron chi connectivity index (χ2n) is 3.64. The Kier molecular flexibility index (Phi) is 3.66. The van der Waals surface area contributed by atoms with Gasteiger partial charge in [-0.15, -0.1) is 11.8 Å². The molecule has 1 aliphatic carbocycles. The lowest BCUT2D eigenvalue weighted by Crippen LogP contribution is -1.96. The Morgan fingerprint density at radius 2 is 2.20 bits per heavy atom. The molecule has 2 nitrogen and oxygen atoms in total. The molecule has 0 bridgehead atoms. The summed E-state index contributed by atoms with van der Waals surface area (Å²) in [7, 11) is 0. The van der Waals surface area contributed by atoms with Crippen LogP contribution in [0.4, 0.5) is 0 Å². The molecule has 0 aliphatic heterocycles. The minimum absolute atomic E-state index is 0.658. The van der Waals surface area contributed by atoms with Crippen LogP contribution in [0.1, 0.15) is 31.2 Å². The third-order valence-electron chi connectivity index (χ3n) is 2.52. The van der Waals surface area contributed by atoms with Gasteiger partial charge in [0.1, 0.15) is 11.1 Å². The topological polar surface area (TPSA) is 36.7 Å². The maximum Gasteiger partial charge on any atom is 0.114 e. The molecule has 1 saturated carbocycles. The predicted octanol–water partition coefficient (Wildman–Crippen LogP) is 3.75. The number of pyridine rings is 1. The summed E-state index contributed by atoms with van der Waals surface area (Å²) in [6.07, 6.45) is 6.91. The van der Waals surface area contributed by atoms with E-state index in [0.717, 1.165) is 9.50 Å². The van der Waals surface area contributed by atoms with Crippen molar-refractivity contribution >= 4 is 27.7 Å².